The van der Waals surface area contributed by atoms with Gasteiger partial charge in [0.25, 0.3) is 0 Å². The third-order valence-corrected chi connectivity index (χ3v) is 4.93. The van der Waals surface area contributed by atoms with Crippen LogP contribution in [0.5, 0.6) is 0 Å². The summed E-state index contributed by atoms with van der Waals surface area (Å²) in [5, 5.41) is 6.65. The number of nitrogens with zero attached hydrogens (tertiary/aromatic N) is 2. The van der Waals surface area contributed by atoms with Crippen molar-refractivity contribution in [1.82, 2.24) is 4.98 Å². The van der Waals surface area contributed by atoms with Crippen LogP contribution >= 0.6 is 11.3 Å². The molecule has 1 saturated heterocycles. The maximum atomic E-state index is 11.5. The second-order valence-electron chi connectivity index (χ2n) is 6.39. The summed E-state index contributed by atoms with van der Waals surface area (Å²) in [5.74, 6) is -0.275. The minimum absolute atomic E-state index is 0.173. The summed E-state index contributed by atoms with van der Waals surface area (Å²) in [6.45, 7) is 4.24. The zero-order valence-corrected chi connectivity index (χ0v) is 16.7. The highest BCUT2D eigenvalue weighted by Crippen LogP contribution is 2.16. The third kappa shape index (κ3) is 6.70. The number of rotatable bonds is 10. The van der Waals surface area contributed by atoms with Gasteiger partial charge in [-0.2, -0.15) is 5.10 Å². The Hall–Kier alpha value is -2.29. The lowest BCUT2D eigenvalue weighted by atomic mass is 10.1. The van der Waals surface area contributed by atoms with E-state index in [0.717, 1.165) is 30.6 Å². The summed E-state index contributed by atoms with van der Waals surface area (Å²) in [7, 11) is 0. The van der Waals surface area contributed by atoms with Gasteiger partial charge >= 0.3 is 5.97 Å². The molecule has 0 amide bonds. The Kier molecular flexibility index (Phi) is 7.95. The number of carbonyl (C=O) groups excluding carboxylic acids is 1. The van der Waals surface area contributed by atoms with E-state index in [-0.39, 0.29) is 18.5 Å². The first-order valence-electron chi connectivity index (χ1n) is 9.40. The number of hydrazone groups is 1. The van der Waals surface area contributed by atoms with Gasteiger partial charge < -0.3 is 14.2 Å². The highest BCUT2D eigenvalue weighted by Gasteiger charge is 2.15. The SMILES string of the molecule is CCOC(=O)Cc1csc(NN=Cc2ccc(COCC3CCCO3)cc2)n1. The molecule has 0 radical (unpaired) electrons. The van der Waals surface area contributed by atoms with E-state index >= 15 is 0 Å². The normalized spacial score (nSPS) is 16.5. The topological polar surface area (TPSA) is 82.0 Å². The number of hydrogen-bond donors (Lipinski definition) is 1. The summed E-state index contributed by atoms with van der Waals surface area (Å²) >= 11 is 1.40. The fourth-order valence-electron chi connectivity index (χ4n) is 2.75. The van der Waals surface area contributed by atoms with Crippen LogP contribution in [0.25, 0.3) is 0 Å². The molecule has 1 unspecified atom stereocenters. The van der Waals surface area contributed by atoms with E-state index in [2.05, 4.69) is 15.5 Å². The number of nitrogens with one attached hydrogen (secondary N) is 1. The van der Waals surface area contributed by atoms with Gasteiger partial charge in [0.05, 0.1) is 44.3 Å². The molecule has 2 aromatic rings. The second kappa shape index (κ2) is 10.9. The average Bonchev–Trinajstić information content (AvgIpc) is 3.35. The highest BCUT2D eigenvalue weighted by atomic mass is 32.1. The first-order valence-corrected chi connectivity index (χ1v) is 10.3. The van der Waals surface area contributed by atoms with E-state index < -0.39 is 0 Å². The first kappa shape index (κ1) is 20.4. The zero-order chi connectivity index (χ0) is 19.6. The van der Waals surface area contributed by atoms with Crippen molar-refractivity contribution in [2.75, 3.05) is 25.2 Å². The fourth-order valence-corrected chi connectivity index (χ4v) is 3.40. The molecule has 1 N–H and O–H groups in total. The van der Waals surface area contributed by atoms with Gasteiger partial charge in [-0.15, -0.1) is 11.3 Å². The molecule has 1 aromatic heterocycles. The zero-order valence-electron chi connectivity index (χ0n) is 15.9. The molecule has 1 atom stereocenters. The number of hydrogen-bond acceptors (Lipinski definition) is 8. The van der Waals surface area contributed by atoms with Crippen molar-refractivity contribution in [3.63, 3.8) is 0 Å². The van der Waals surface area contributed by atoms with Crippen LogP contribution in [0.1, 0.15) is 36.6 Å². The van der Waals surface area contributed by atoms with Crippen molar-refractivity contribution in [3.05, 3.63) is 46.5 Å². The van der Waals surface area contributed by atoms with Crippen molar-refractivity contribution >= 4 is 28.7 Å². The average molecular weight is 404 g/mol. The molecule has 1 fully saturated rings. The molecule has 150 valence electrons. The van der Waals surface area contributed by atoms with Crippen LogP contribution < -0.4 is 5.43 Å². The molecule has 2 heterocycles. The Morgan fingerprint density at radius 1 is 1.43 bits per heavy atom. The number of ether oxygens (including phenoxy) is 3. The lowest BCUT2D eigenvalue weighted by Gasteiger charge is -2.10. The lowest BCUT2D eigenvalue weighted by Crippen LogP contribution is -2.13. The van der Waals surface area contributed by atoms with Gasteiger partial charge in [0.2, 0.25) is 5.13 Å². The van der Waals surface area contributed by atoms with Gasteiger partial charge in [0, 0.05) is 12.0 Å². The largest absolute Gasteiger partial charge is 0.466 e. The molecule has 8 heteroatoms. The first-order chi connectivity index (χ1) is 13.7. The molecule has 0 spiro atoms. The van der Waals surface area contributed by atoms with Crippen molar-refractivity contribution in [2.24, 2.45) is 5.10 Å². The minimum Gasteiger partial charge on any atom is -0.466 e. The van der Waals surface area contributed by atoms with Crippen LogP contribution in [0.2, 0.25) is 0 Å². The molecule has 0 saturated carbocycles. The molecular weight excluding hydrogens is 378 g/mol. The predicted octanol–water partition coefficient (Wildman–Crippen LogP) is 3.39. The van der Waals surface area contributed by atoms with Gasteiger partial charge in [-0.3, -0.25) is 10.2 Å². The second-order valence-corrected chi connectivity index (χ2v) is 7.25. The molecule has 7 nitrogen and oxygen atoms in total. The smallest absolute Gasteiger partial charge is 0.311 e. The molecule has 1 aliphatic rings. The Balaban J connectivity index is 1.40. The van der Waals surface area contributed by atoms with Gasteiger partial charge in [-0.05, 0) is 30.9 Å². The van der Waals surface area contributed by atoms with Crippen LogP contribution in [-0.2, 0) is 32.0 Å². The molecule has 28 heavy (non-hydrogen) atoms. The maximum absolute atomic E-state index is 11.5. The number of carbonyl (C=O) groups is 1. The van der Waals surface area contributed by atoms with Crippen LogP contribution in [-0.4, -0.2) is 43.1 Å². The summed E-state index contributed by atoms with van der Waals surface area (Å²) in [6.07, 6.45) is 4.37. The minimum atomic E-state index is -0.275. The lowest BCUT2D eigenvalue weighted by molar-refractivity contribution is -0.142. The molecule has 1 aromatic carbocycles. The summed E-state index contributed by atoms with van der Waals surface area (Å²) in [6, 6.07) is 8.03. The predicted molar refractivity (Wildman–Crippen MR) is 109 cm³/mol. The number of thiazole rings is 1. The molecule has 0 aliphatic carbocycles. The number of anilines is 1. The van der Waals surface area contributed by atoms with Gasteiger partial charge in [-0.1, -0.05) is 24.3 Å². The molecule has 1 aliphatic heterocycles. The summed E-state index contributed by atoms with van der Waals surface area (Å²) in [5.41, 5.74) is 5.65. The van der Waals surface area contributed by atoms with E-state index in [4.69, 9.17) is 14.2 Å². The number of aromatic nitrogens is 1. The molecular formula is C20H25N3O4S. The van der Waals surface area contributed by atoms with Crippen LogP contribution in [0.4, 0.5) is 5.13 Å². The quantitative estimate of drug-likeness (QED) is 0.372. The van der Waals surface area contributed by atoms with Crippen molar-refractivity contribution in [3.8, 4) is 0 Å². The van der Waals surface area contributed by atoms with E-state index in [9.17, 15) is 4.79 Å². The van der Waals surface area contributed by atoms with E-state index in [0.29, 0.717) is 30.6 Å². The maximum Gasteiger partial charge on any atom is 0.311 e. The van der Waals surface area contributed by atoms with Crippen molar-refractivity contribution < 1.29 is 19.0 Å². The third-order valence-electron chi connectivity index (χ3n) is 4.13. The van der Waals surface area contributed by atoms with E-state index in [1.165, 1.54) is 11.3 Å². The standard InChI is InChI=1S/C20H25N3O4S/c1-2-26-19(24)10-17-14-28-20(22-17)23-21-11-15-5-7-16(8-6-15)12-25-13-18-4-3-9-27-18/h5-8,11,14,18H,2-4,9-10,12-13H2,1H3,(H,22,23). The summed E-state index contributed by atoms with van der Waals surface area (Å²) in [4.78, 5) is 15.8. The number of esters is 1. The fraction of sp³-hybridized carbons (Fsp3) is 0.450. The van der Waals surface area contributed by atoms with E-state index in [1.54, 1.807) is 13.1 Å². The van der Waals surface area contributed by atoms with Crippen molar-refractivity contribution in [1.29, 1.82) is 0 Å². The van der Waals surface area contributed by atoms with Crippen LogP contribution in [0, 0.1) is 0 Å². The van der Waals surface area contributed by atoms with Gasteiger partial charge in [0.1, 0.15) is 0 Å². The summed E-state index contributed by atoms with van der Waals surface area (Å²) < 4.78 is 16.2. The van der Waals surface area contributed by atoms with Crippen LogP contribution in [0.15, 0.2) is 34.7 Å². The van der Waals surface area contributed by atoms with Crippen molar-refractivity contribution in [2.45, 2.75) is 38.9 Å². The van der Waals surface area contributed by atoms with Gasteiger partial charge in [0.15, 0.2) is 0 Å². The highest BCUT2D eigenvalue weighted by molar-refractivity contribution is 7.13. The Morgan fingerprint density at radius 3 is 3.04 bits per heavy atom. The Labute approximate surface area is 168 Å². The molecule has 3 rings (SSSR count). The monoisotopic (exact) mass is 403 g/mol. The van der Waals surface area contributed by atoms with Gasteiger partial charge in [-0.25, -0.2) is 4.98 Å². The van der Waals surface area contributed by atoms with Crippen LogP contribution in [0.3, 0.4) is 0 Å². The Morgan fingerprint density at radius 2 is 2.29 bits per heavy atom. The number of benzene rings is 1. The van der Waals surface area contributed by atoms with E-state index in [1.807, 2.05) is 29.6 Å². The molecule has 0 bridgehead atoms. The Bertz CT molecular complexity index is 770.